The molecule has 122 valence electrons. The maximum atomic E-state index is 12.8. The van der Waals surface area contributed by atoms with Crippen LogP contribution < -0.4 is 0 Å². The molecule has 23 heavy (non-hydrogen) atoms. The number of nitrogens with zero attached hydrogens (tertiary/aromatic N) is 1. The molecule has 0 saturated carbocycles. The van der Waals surface area contributed by atoms with Gasteiger partial charge >= 0.3 is 5.97 Å². The summed E-state index contributed by atoms with van der Waals surface area (Å²) in [6.07, 6.45) is 1.10. The highest BCUT2D eigenvalue weighted by atomic mass is 35.5. The summed E-state index contributed by atoms with van der Waals surface area (Å²) in [6.45, 7) is 4.49. The van der Waals surface area contributed by atoms with Gasteiger partial charge in [0.1, 0.15) is 12.2 Å². The number of hydrogen-bond donors (Lipinski definition) is 1. The van der Waals surface area contributed by atoms with E-state index < -0.39 is 5.97 Å². The fourth-order valence-corrected chi connectivity index (χ4v) is 2.61. The van der Waals surface area contributed by atoms with E-state index in [4.69, 9.17) is 21.1 Å². The number of aryl methyl sites for hydroxylation is 1. The molecule has 0 radical (unpaired) electrons. The van der Waals surface area contributed by atoms with Gasteiger partial charge in [-0.05, 0) is 31.5 Å². The molecule has 0 saturated heterocycles. The molecule has 6 heteroatoms. The molecule has 0 unspecified atom stereocenters. The molecule has 0 bridgehead atoms. The first-order chi connectivity index (χ1) is 10.9. The Balaban J connectivity index is 2.26. The summed E-state index contributed by atoms with van der Waals surface area (Å²) >= 11 is 5.97. The first-order valence-corrected chi connectivity index (χ1v) is 7.62. The summed E-state index contributed by atoms with van der Waals surface area (Å²) in [4.78, 5) is 25.3. The second kappa shape index (κ2) is 7.33. The van der Waals surface area contributed by atoms with Gasteiger partial charge < -0.3 is 14.4 Å². The van der Waals surface area contributed by atoms with Crippen molar-refractivity contribution < 1.29 is 19.1 Å². The molecule has 1 aromatic heterocycles. The van der Waals surface area contributed by atoms with Gasteiger partial charge in [-0.2, -0.15) is 0 Å². The number of furan rings is 1. The minimum Gasteiger partial charge on any atom is -0.481 e. The number of carbonyl (C=O) groups excluding carboxylic acids is 1. The quantitative estimate of drug-likeness (QED) is 0.876. The molecule has 1 aromatic carbocycles. The fraction of sp³-hybridized carbons (Fsp3) is 0.294. The number of aliphatic carboxylic acids is 1. The lowest BCUT2D eigenvalue weighted by atomic mass is 10.1. The van der Waals surface area contributed by atoms with Crippen molar-refractivity contribution in [1.82, 2.24) is 4.90 Å². The van der Waals surface area contributed by atoms with Crippen molar-refractivity contribution in [3.63, 3.8) is 0 Å². The molecule has 2 rings (SSSR count). The Morgan fingerprint density at radius 1 is 1.35 bits per heavy atom. The molecule has 0 spiro atoms. The van der Waals surface area contributed by atoms with Crippen molar-refractivity contribution in [3.8, 4) is 0 Å². The number of hydrogen-bond acceptors (Lipinski definition) is 3. The number of rotatable bonds is 6. The average molecular weight is 336 g/mol. The van der Waals surface area contributed by atoms with Gasteiger partial charge in [-0.15, -0.1) is 0 Å². The maximum absolute atomic E-state index is 12.8. The van der Waals surface area contributed by atoms with E-state index in [1.54, 1.807) is 24.0 Å². The van der Waals surface area contributed by atoms with Crippen LogP contribution in [0.3, 0.4) is 0 Å². The average Bonchev–Trinajstić information content (AvgIpc) is 2.84. The lowest BCUT2D eigenvalue weighted by Gasteiger charge is -2.21. The van der Waals surface area contributed by atoms with E-state index in [0.29, 0.717) is 29.2 Å². The lowest BCUT2D eigenvalue weighted by Crippen LogP contribution is -2.31. The number of amides is 1. The van der Waals surface area contributed by atoms with Crippen molar-refractivity contribution in [2.24, 2.45) is 0 Å². The van der Waals surface area contributed by atoms with E-state index in [2.05, 4.69) is 0 Å². The van der Waals surface area contributed by atoms with Gasteiger partial charge in [-0.25, -0.2) is 0 Å². The molecule has 0 atom stereocenters. The van der Waals surface area contributed by atoms with E-state index in [9.17, 15) is 9.59 Å². The molecule has 5 nitrogen and oxygen atoms in total. The van der Waals surface area contributed by atoms with Crippen LogP contribution in [0.25, 0.3) is 0 Å². The van der Waals surface area contributed by atoms with Gasteiger partial charge in [0.15, 0.2) is 0 Å². The second-order valence-electron chi connectivity index (χ2n) is 5.24. The molecule has 0 aliphatic rings. The Labute approximate surface area is 139 Å². The zero-order valence-electron chi connectivity index (χ0n) is 13.0. The number of carboxylic acid groups (broad SMARTS) is 1. The van der Waals surface area contributed by atoms with Gasteiger partial charge in [0.05, 0.1) is 11.8 Å². The largest absolute Gasteiger partial charge is 0.481 e. The van der Waals surface area contributed by atoms with E-state index in [1.807, 2.05) is 19.1 Å². The summed E-state index contributed by atoms with van der Waals surface area (Å²) in [5.74, 6) is -1.09. The van der Waals surface area contributed by atoms with Crippen LogP contribution in [-0.4, -0.2) is 28.4 Å². The standard InChI is InChI=1S/C17H18ClNO4/c1-3-19(9-12-5-4-6-13(18)7-12)17(22)16-11(2)10-23-14(16)8-15(20)21/h4-7,10H,3,8-9H2,1-2H3,(H,20,21). The summed E-state index contributed by atoms with van der Waals surface area (Å²) < 4.78 is 5.24. The van der Waals surface area contributed by atoms with Gasteiger partial charge in [-0.1, -0.05) is 23.7 Å². The molecule has 0 aliphatic heterocycles. The number of benzene rings is 1. The molecular formula is C17H18ClNO4. The Kier molecular flexibility index (Phi) is 5.45. The van der Waals surface area contributed by atoms with Crippen molar-refractivity contribution in [1.29, 1.82) is 0 Å². The zero-order chi connectivity index (χ0) is 17.0. The lowest BCUT2D eigenvalue weighted by molar-refractivity contribution is -0.136. The van der Waals surface area contributed by atoms with Crippen LogP contribution in [0, 0.1) is 6.92 Å². The molecular weight excluding hydrogens is 318 g/mol. The number of halogens is 1. The highest BCUT2D eigenvalue weighted by molar-refractivity contribution is 6.30. The molecule has 1 N–H and O–H groups in total. The second-order valence-corrected chi connectivity index (χ2v) is 5.67. The predicted molar refractivity (Wildman–Crippen MR) is 86.7 cm³/mol. The molecule has 1 amide bonds. The number of carbonyl (C=O) groups is 2. The van der Waals surface area contributed by atoms with Crippen LogP contribution in [0.5, 0.6) is 0 Å². The minimum atomic E-state index is -1.04. The minimum absolute atomic E-state index is 0.185. The van der Waals surface area contributed by atoms with Crippen molar-refractivity contribution >= 4 is 23.5 Å². The van der Waals surface area contributed by atoms with E-state index in [-0.39, 0.29) is 18.1 Å². The highest BCUT2D eigenvalue weighted by Crippen LogP contribution is 2.21. The summed E-state index contributed by atoms with van der Waals surface area (Å²) in [7, 11) is 0. The Bertz CT molecular complexity index is 723. The van der Waals surface area contributed by atoms with Gasteiger partial charge in [0, 0.05) is 23.7 Å². The van der Waals surface area contributed by atoms with Crippen LogP contribution >= 0.6 is 11.6 Å². The first kappa shape index (κ1) is 17.1. The Morgan fingerprint density at radius 3 is 2.70 bits per heavy atom. The molecule has 0 aliphatic carbocycles. The van der Waals surface area contributed by atoms with Crippen LogP contribution in [0.1, 0.15) is 34.2 Å². The predicted octanol–water partition coefficient (Wildman–Crippen LogP) is 3.53. The summed E-state index contributed by atoms with van der Waals surface area (Å²) in [5, 5.41) is 9.55. The Morgan fingerprint density at radius 2 is 2.09 bits per heavy atom. The van der Waals surface area contributed by atoms with Crippen molar-refractivity contribution in [3.05, 3.63) is 58.0 Å². The highest BCUT2D eigenvalue weighted by Gasteiger charge is 2.24. The normalized spacial score (nSPS) is 10.6. The van der Waals surface area contributed by atoms with Gasteiger partial charge in [0.2, 0.25) is 0 Å². The smallest absolute Gasteiger partial charge is 0.311 e. The first-order valence-electron chi connectivity index (χ1n) is 7.24. The third-order valence-corrected chi connectivity index (χ3v) is 3.74. The SMILES string of the molecule is CCN(Cc1cccc(Cl)c1)C(=O)c1c(C)coc1CC(=O)O. The fourth-order valence-electron chi connectivity index (χ4n) is 2.39. The van der Waals surface area contributed by atoms with E-state index >= 15 is 0 Å². The third kappa shape index (κ3) is 4.13. The monoisotopic (exact) mass is 335 g/mol. The zero-order valence-corrected chi connectivity index (χ0v) is 13.8. The van der Waals surface area contributed by atoms with Gasteiger partial charge in [0.25, 0.3) is 5.91 Å². The van der Waals surface area contributed by atoms with Crippen LogP contribution in [0.15, 0.2) is 34.9 Å². The topological polar surface area (TPSA) is 70.8 Å². The summed E-state index contributed by atoms with van der Waals surface area (Å²) in [5.41, 5.74) is 1.88. The Hall–Kier alpha value is -2.27. The van der Waals surface area contributed by atoms with Crippen LogP contribution in [0.4, 0.5) is 0 Å². The third-order valence-electron chi connectivity index (χ3n) is 3.51. The van der Waals surface area contributed by atoms with Crippen molar-refractivity contribution in [2.75, 3.05) is 6.54 Å². The number of carboxylic acids is 1. The maximum Gasteiger partial charge on any atom is 0.311 e. The van der Waals surface area contributed by atoms with E-state index in [0.717, 1.165) is 5.56 Å². The van der Waals surface area contributed by atoms with Crippen LogP contribution in [-0.2, 0) is 17.8 Å². The van der Waals surface area contributed by atoms with Crippen molar-refractivity contribution in [2.45, 2.75) is 26.8 Å². The summed E-state index contributed by atoms with van der Waals surface area (Å²) in [6, 6.07) is 7.30. The van der Waals surface area contributed by atoms with Gasteiger partial charge in [-0.3, -0.25) is 9.59 Å². The molecule has 0 fully saturated rings. The molecule has 2 aromatic rings. The van der Waals surface area contributed by atoms with E-state index in [1.165, 1.54) is 6.26 Å². The van der Waals surface area contributed by atoms with Crippen LogP contribution in [0.2, 0.25) is 5.02 Å². The molecule has 1 heterocycles.